The van der Waals surface area contributed by atoms with Gasteiger partial charge in [-0.2, -0.15) is 0 Å². The molecule has 0 bridgehead atoms. The second-order valence-corrected chi connectivity index (χ2v) is 6.20. The fraction of sp³-hybridized carbons (Fsp3) is 0.333. The summed E-state index contributed by atoms with van der Waals surface area (Å²) in [6, 6.07) is 8.80. The van der Waals surface area contributed by atoms with Crippen molar-refractivity contribution in [2.75, 3.05) is 6.54 Å². The van der Waals surface area contributed by atoms with E-state index < -0.39 is 0 Å². The Balaban J connectivity index is 2.38. The highest BCUT2D eigenvalue weighted by atomic mass is 35.5. The summed E-state index contributed by atoms with van der Waals surface area (Å²) < 4.78 is 14.8. The third kappa shape index (κ3) is 3.35. The fourth-order valence-electron chi connectivity index (χ4n) is 1.99. The van der Waals surface area contributed by atoms with E-state index in [0.29, 0.717) is 5.56 Å². The topological polar surface area (TPSA) is 12.0 Å². The molecule has 4 heteroatoms. The van der Waals surface area contributed by atoms with E-state index in [9.17, 15) is 4.39 Å². The van der Waals surface area contributed by atoms with Crippen LogP contribution in [0.2, 0.25) is 4.34 Å². The Kier molecular flexibility index (Phi) is 4.97. The zero-order chi connectivity index (χ0) is 13.8. The number of rotatable bonds is 5. The molecule has 0 aliphatic heterocycles. The number of nitrogens with one attached hydrogen (secondary N) is 1. The molecular formula is C15H17ClFNS. The summed E-state index contributed by atoms with van der Waals surface area (Å²) in [5, 5.41) is 3.40. The van der Waals surface area contributed by atoms with Crippen LogP contribution in [0.5, 0.6) is 0 Å². The molecule has 0 aliphatic rings. The lowest BCUT2D eigenvalue weighted by Gasteiger charge is -2.18. The van der Waals surface area contributed by atoms with Crippen LogP contribution in [0.1, 0.15) is 35.4 Å². The van der Waals surface area contributed by atoms with Gasteiger partial charge < -0.3 is 5.32 Å². The number of hydrogen-bond acceptors (Lipinski definition) is 2. The maximum atomic E-state index is 14.0. The quantitative estimate of drug-likeness (QED) is 0.824. The van der Waals surface area contributed by atoms with E-state index in [0.717, 1.165) is 27.7 Å². The highest BCUT2D eigenvalue weighted by Gasteiger charge is 2.19. The molecule has 2 rings (SSSR count). The van der Waals surface area contributed by atoms with Crippen LogP contribution in [0.3, 0.4) is 0 Å². The normalized spacial score (nSPS) is 12.6. The number of thiophene rings is 1. The summed E-state index contributed by atoms with van der Waals surface area (Å²) in [5.41, 5.74) is 1.72. The van der Waals surface area contributed by atoms with E-state index in [-0.39, 0.29) is 11.9 Å². The molecule has 19 heavy (non-hydrogen) atoms. The zero-order valence-electron chi connectivity index (χ0n) is 11.0. The summed E-state index contributed by atoms with van der Waals surface area (Å²) in [4.78, 5) is 1.06. The van der Waals surface area contributed by atoms with Crippen molar-refractivity contribution in [3.63, 3.8) is 0 Å². The molecule has 1 nitrogen and oxygen atoms in total. The standard InChI is InChI=1S/C15H17ClFNS/c1-3-8-18-14(11-6-4-5-7-12(11)17)13-9-10(2)15(16)19-13/h4-7,9,14,18H,3,8H2,1-2H3. The molecule has 1 aromatic carbocycles. The summed E-state index contributed by atoms with van der Waals surface area (Å²) in [6.45, 7) is 4.91. The van der Waals surface area contributed by atoms with Crippen molar-refractivity contribution >= 4 is 22.9 Å². The minimum atomic E-state index is -0.182. The molecule has 1 heterocycles. The Morgan fingerprint density at radius 2 is 2.11 bits per heavy atom. The predicted molar refractivity (Wildman–Crippen MR) is 80.6 cm³/mol. The van der Waals surface area contributed by atoms with E-state index in [2.05, 4.69) is 12.2 Å². The van der Waals surface area contributed by atoms with Crippen LogP contribution in [0.4, 0.5) is 4.39 Å². The first-order valence-corrected chi connectivity index (χ1v) is 7.56. The first-order valence-electron chi connectivity index (χ1n) is 6.37. The van der Waals surface area contributed by atoms with Crippen LogP contribution >= 0.6 is 22.9 Å². The number of hydrogen-bond donors (Lipinski definition) is 1. The molecule has 0 saturated heterocycles. The van der Waals surface area contributed by atoms with E-state index >= 15 is 0 Å². The van der Waals surface area contributed by atoms with Gasteiger partial charge in [0.25, 0.3) is 0 Å². The minimum absolute atomic E-state index is 0.127. The van der Waals surface area contributed by atoms with Gasteiger partial charge in [0.05, 0.1) is 10.4 Å². The molecule has 1 N–H and O–H groups in total. The van der Waals surface area contributed by atoms with E-state index in [4.69, 9.17) is 11.6 Å². The zero-order valence-corrected chi connectivity index (χ0v) is 12.6. The average molecular weight is 298 g/mol. The van der Waals surface area contributed by atoms with Gasteiger partial charge in [0.15, 0.2) is 0 Å². The molecule has 1 unspecified atom stereocenters. The lowest BCUT2D eigenvalue weighted by Crippen LogP contribution is -2.23. The summed E-state index contributed by atoms with van der Waals surface area (Å²) in [5.74, 6) is -0.182. The van der Waals surface area contributed by atoms with Gasteiger partial charge in [0.1, 0.15) is 5.82 Å². The van der Waals surface area contributed by atoms with Crippen molar-refractivity contribution in [1.29, 1.82) is 0 Å². The largest absolute Gasteiger partial charge is 0.306 e. The number of halogens is 2. The molecule has 0 radical (unpaired) electrons. The fourth-order valence-corrected chi connectivity index (χ4v) is 3.30. The van der Waals surface area contributed by atoms with Crippen LogP contribution < -0.4 is 5.32 Å². The maximum Gasteiger partial charge on any atom is 0.128 e. The van der Waals surface area contributed by atoms with Gasteiger partial charge in [-0.05, 0) is 37.6 Å². The van der Waals surface area contributed by atoms with Crippen LogP contribution in [-0.4, -0.2) is 6.54 Å². The molecule has 0 spiro atoms. The molecule has 2 aromatic rings. The summed E-state index contributed by atoms with van der Waals surface area (Å²) in [6.07, 6.45) is 1.00. The second kappa shape index (κ2) is 6.51. The van der Waals surface area contributed by atoms with E-state index in [1.54, 1.807) is 6.07 Å². The Morgan fingerprint density at radius 3 is 2.68 bits per heavy atom. The van der Waals surface area contributed by atoms with Crippen LogP contribution in [0.25, 0.3) is 0 Å². The van der Waals surface area contributed by atoms with Crippen molar-refractivity contribution in [2.24, 2.45) is 0 Å². The Hall–Kier alpha value is -0.900. The van der Waals surface area contributed by atoms with Crippen molar-refractivity contribution in [3.8, 4) is 0 Å². The molecule has 1 aromatic heterocycles. The SMILES string of the molecule is CCCNC(c1cc(C)c(Cl)s1)c1ccccc1F. The van der Waals surface area contributed by atoms with Crippen LogP contribution in [0, 0.1) is 12.7 Å². The Labute approximate surface area is 122 Å². The Morgan fingerprint density at radius 1 is 1.37 bits per heavy atom. The van der Waals surface area contributed by atoms with Gasteiger partial charge in [-0.3, -0.25) is 0 Å². The third-order valence-corrected chi connectivity index (χ3v) is 4.60. The van der Waals surface area contributed by atoms with Gasteiger partial charge in [-0.25, -0.2) is 4.39 Å². The first kappa shape index (κ1) is 14.5. The molecule has 0 saturated carbocycles. The second-order valence-electron chi connectivity index (χ2n) is 4.51. The molecule has 0 aliphatic carbocycles. The smallest absolute Gasteiger partial charge is 0.128 e. The van der Waals surface area contributed by atoms with Gasteiger partial charge >= 0.3 is 0 Å². The van der Waals surface area contributed by atoms with Crippen molar-refractivity contribution in [1.82, 2.24) is 5.32 Å². The van der Waals surface area contributed by atoms with Crippen molar-refractivity contribution in [2.45, 2.75) is 26.3 Å². The Bertz CT molecular complexity index is 533. The predicted octanol–water partition coefficient (Wildman–Crippen LogP) is 4.94. The lowest BCUT2D eigenvalue weighted by atomic mass is 10.0. The summed E-state index contributed by atoms with van der Waals surface area (Å²) in [7, 11) is 0. The van der Waals surface area contributed by atoms with Crippen LogP contribution in [0.15, 0.2) is 30.3 Å². The molecule has 0 fully saturated rings. The molecular weight excluding hydrogens is 281 g/mol. The maximum absolute atomic E-state index is 14.0. The van der Waals surface area contributed by atoms with E-state index in [1.807, 2.05) is 25.1 Å². The molecule has 1 atom stereocenters. The molecule has 0 amide bonds. The molecule has 102 valence electrons. The number of aryl methyl sites for hydroxylation is 1. The van der Waals surface area contributed by atoms with Gasteiger partial charge in [-0.15, -0.1) is 11.3 Å². The first-order chi connectivity index (χ1) is 9.13. The highest BCUT2D eigenvalue weighted by Crippen LogP contribution is 2.34. The lowest BCUT2D eigenvalue weighted by molar-refractivity contribution is 0.551. The van der Waals surface area contributed by atoms with E-state index in [1.165, 1.54) is 17.4 Å². The minimum Gasteiger partial charge on any atom is -0.306 e. The van der Waals surface area contributed by atoms with Crippen molar-refractivity contribution < 1.29 is 4.39 Å². The van der Waals surface area contributed by atoms with Gasteiger partial charge in [0.2, 0.25) is 0 Å². The average Bonchev–Trinajstić information content (AvgIpc) is 2.72. The van der Waals surface area contributed by atoms with Gasteiger partial charge in [-0.1, -0.05) is 36.7 Å². The highest BCUT2D eigenvalue weighted by molar-refractivity contribution is 7.16. The van der Waals surface area contributed by atoms with Gasteiger partial charge in [0, 0.05) is 10.4 Å². The summed E-state index contributed by atoms with van der Waals surface area (Å²) >= 11 is 7.64. The van der Waals surface area contributed by atoms with Crippen LogP contribution in [-0.2, 0) is 0 Å². The number of benzene rings is 1. The van der Waals surface area contributed by atoms with Crippen molar-refractivity contribution in [3.05, 3.63) is 56.5 Å². The monoisotopic (exact) mass is 297 g/mol. The third-order valence-electron chi connectivity index (χ3n) is 2.98.